The van der Waals surface area contributed by atoms with Crippen molar-refractivity contribution >= 4 is 5.84 Å². The first-order valence-electron chi connectivity index (χ1n) is 6.39. The molecule has 0 saturated carbocycles. The second kappa shape index (κ2) is 6.23. The minimum Gasteiger partial charge on any atom is -0.456 e. The van der Waals surface area contributed by atoms with Crippen LogP contribution in [0.2, 0.25) is 0 Å². The van der Waals surface area contributed by atoms with Crippen LogP contribution in [0, 0.1) is 13.8 Å². The number of aromatic nitrogens is 1. The van der Waals surface area contributed by atoms with Crippen LogP contribution in [-0.2, 0) is 6.61 Å². The topological polar surface area (TPSA) is 101 Å². The van der Waals surface area contributed by atoms with Crippen molar-refractivity contribution in [3.8, 4) is 11.5 Å². The number of amidine groups is 1. The Morgan fingerprint density at radius 3 is 2.67 bits per heavy atom. The maximum atomic E-state index is 9.35. The van der Waals surface area contributed by atoms with Gasteiger partial charge in [0.25, 0.3) is 0 Å². The molecule has 2 rings (SSSR count). The van der Waals surface area contributed by atoms with Gasteiger partial charge < -0.3 is 20.8 Å². The van der Waals surface area contributed by atoms with E-state index in [2.05, 4.69) is 10.1 Å². The molecular formula is C15H17N3O3. The van der Waals surface area contributed by atoms with Gasteiger partial charge in [0.2, 0.25) is 0 Å². The molecule has 0 radical (unpaired) electrons. The smallest absolute Gasteiger partial charge is 0.175 e. The number of hydrogen-bond acceptors (Lipinski definition) is 5. The van der Waals surface area contributed by atoms with Gasteiger partial charge in [0.15, 0.2) is 5.84 Å². The molecule has 0 bridgehead atoms. The van der Waals surface area contributed by atoms with Crippen LogP contribution >= 0.6 is 0 Å². The van der Waals surface area contributed by atoms with Gasteiger partial charge in [-0.1, -0.05) is 23.4 Å². The number of aliphatic hydroxyl groups excluding tert-OH is 1. The molecule has 21 heavy (non-hydrogen) atoms. The summed E-state index contributed by atoms with van der Waals surface area (Å²) in [5.41, 5.74) is 8.12. The van der Waals surface area contributed by atoms with Gasteiger partial charge in [0.05, 0.1) is 17.9 Å². The van der Waals surface area contributed by atoms with Crippen molar-refractivity contribution < 1.29 is 15.1 Å². The lowest BCUT2D eigenvalue weighted by Crippen LogP contribution is -2.17. The SMILES string of the molecule is Cc1cc(Oc2ccccc2CO)c(/C(N)=N/O)c(C)n1. The first kappa shape index (κ1) is 14.8. The second-order valence-corrected chi connectivity index (χ2v) is 4.58. The number of oxime groups is 1. The number of para-hydroxylation sites is 1. The molecular weight excluding hydrogens is 270 g/mol. The Morgan fingerprint density at radius 1 is 1.29 bits per heavy atom. The predicted molar refractivity (Wildman–Crippen MR) is 78.7 cm³/mol. The number of benzene rings is 1. The highest BCUT2D eigenvalue weighted by Crippen LogP contribution is 2.30. The predicted octanol–water partition coefficient (Wildman–Crippen LogP) is 2.08. The summed E-state index contributed by atoms with van der Waals surface area (Å²) in [5, 5.41) is 21.3. The summed E-state index contributed by atoms with van der Waals surface area (Å²) >= 11 is 0. The average Bonchev–Trinajstić information content (AvgIpc) is 2.46. The molecule has 0 saturated heterocycles. The average molecular weight is 287 g/mol. The van der Waals surface area contributed by atoms with Crippen molar-refractivity contribution in [3.63, 3.8) is 0 Å². The van der Waals surface area contributed by atoms with Gasteiger partial charge in [-0.3, -0.25) is 4.98 Å². The fourth-order valence-corrected chi connectivity index (χ4v) is 2.09. The summed E-state index contributed by atoms with van der Waals surface area (Å²) in [6.45, 7) is 3.44. The molecule has 0 aliphatic carbocycles. The molecule has 0 fully saturated rings. The summed E-state index contributed by atoms with van der Waals surface area (Å²) in [6, 6.07) is 8.82. The normalized spacial score (nSPS) is 11.5. The van der Waals surface area contributed by atoms with Crippen LogP contribution in [0.25, 0.3) is 0 Å². The Hall–Kier alpha value is -2.60. The third-order valence-electron chi connectivity index (χ3n) is 3.02. The van der Waals surface area contributed by atoms with Gasteiger partial charge in [0.1, 0.15) is 11.5 Å². The highest BCUT2D eigenvalue weighted by molar-refractivity contribution is 6.00. The highest BCUT2D eigenvalue weighted by atomic mass is 16.5. The zero-order chi connectivity index (χ0) is 15.4. The molecule has 1 aromatic carbocycles. The van der Waals surface area contributed by atoms with Crippen LogP contribution in [-0.4, -0.2) is 21.1 Å². The molecule has 0 atom stereocenters. The Kier molecular flexibility index (Phi) is 4.39. The van der Waals surface area contributed by atoms with E-state index in [1.807, 2.05) is 13.0 Å². The Bertz CT molecular complexity index is 684. The van der Waals surface area contributed by atoms with Gasteiger partial charge in [-0.25, -0.2) is 0 Å². The third kappa shape index (κ3) is 3.11. The lowest BCUT2D eigenvalue weighted by molar-refractivity contribution is 0.276. The monoisotopic (exact) mass is 287 g/mol. The Balaban J connectivity index is 2.53. The summed E-state index contributed by atoms with van der Waals surface area (Å²) in [4.78, 5) is 4.29. The molecule has 1 aromatic heterocycles. The van der Waals surface area contributed by atoms with Crippen molar-refractivity contribution in [1.29, 1.82) is 0 Å². The Morgan fingerprint density at radius 2 is 2.00 bits per heavy atom. The molecule has 0 aliphatic heterocycles. The van der Waals surface area contributed by atoms with Gasteiger partial charge in [0, 0.05) is 17.3 Å². The van der Waals surface area contributed by atoms with E-state index in [-0.39, 0.29) is 12.4 Å². The van der Waals surface area contributed by atoms with Crippen LogP contribution in [0.5, 0.6) is 11.5 Å². The summed E-state index contributed by atoms with van der Waals surface area (Å²) < 4.78 is 5.84. The zero-order valence-electron chi connectivity index (χ0n) is 11.9. The third-order valence-corrected chi connectivity index (χ3v) is 3.02. The van der Waals surface area contributed by atoms with E-state index in [0.29, 0.717) is 28.3 Å². The second-order valence-electron chi connectivity index (χ2n) is 4.58. The lowest BCUT2D eigenvalue weighted by Gasteiger charge is -2.15. The van der Waals surface area contributed by atoms with Crippen LogP contribution in [0.1, 0.15) is 22.5 Å². The first-order valence-corrected chi connectivity index (χ1v) is 6.39. The van der Waals surface area contributed by atoms with E-state index in [1.165, 1.54) is 0 Å². The summed E-state index contributed by atoms with van der Waals surface area (Å²) in [7, 11) is 0. The van der Waals surface area contributed by atoms with Crippen LogP contribution in [0.15, 0.2) is 35.5 Å². The maximum Gasteiger partial charge on any atom is 0.175 e. The standard InChI is InChI=1S/C15H17N3O3/c1-9-7-13(14(10(2)17-9)15(16)18-20)21-12-6-4-3-5-11(12)8-19/h3-7,19-20H,8H2,1-2H3,(H2,16,18). The van der Waals surface area contributed by atoms with E-state index in [4.69, 9.17) is 15.7 Å². The molecule has 6 nitrogen and oxygen atoms in total. The number of aryl methyl sites for hydroxylation is 2. The number of nitrogens with zero attached hydrogens (tertiary/aromatic N) is 2. The van der Waals surface area contributed by atoms with Crippen molar-refractivity contribution in [3.05, 3.63) is 52.8 Å². The molecule has 2 aromatic rings. The maximum absolute atomic E-state index is 9.35. The number of pyridine rings is 1. The van der Waals surface area contributed by atoms with Gasteiger partial charge in [-0.05, 0) is 19.9 Å². The van der Waals surface area contributed by atoms with Crippen molar-refractivity contribution in [2.24, 2.45) is 10.9 Å². The first-order chi connectivity index (χ1) is 10.1. The molecule has 6 heteroatoms. The van der Waals surface area contributed by atoms with Crippen molar-refractivity contribution in [2.45, 2.75) is 20.5 Å². The highest BCUT2D eigenvalue weighted by Gasteiger charge is 2.16. The van der Waals surface area contributed by atoms with E-state index in [1.54, 1.807) is 31.2 Å². The van der Waals surface area contributed by atoms with Gasteiger partial charge >= 0.3 is 0 Å². The number of ether oxygens (including phenoxy) is 1. The van der Waals surface area contributed by atoms with Crippen molar-refractivity contribution in [2.75, 3.05) is 0 Å². The van der Waals surface area contributed by atoms with E-state index in [9.17, 15) is 5.11 Å². The van der Waals surface area contributed by atoms with Crippen molar-refractivity contribution in [1.82, 2.24) is 4.98 Å². The quantitative estimate of drug-likeness (QED) is 0.346. The van der Waals surface area contributed by atoms with Gasteiger partial charge in [-0.2, -0.15) is 0 Å². The number of nitrogens with two attached hydrogens (primary N) is 1. The van der Waals surface area contributed by atoms with Crippen LogP contribution < -0.4 is 10.5 Å². The van der Waals surface area contributed by atoms with E-state index >= 15 is 0 Å². The fraction of sp³-hybridized carbons (Fsp3) is 0.200. The van der Waals surface area contributed by atoms with Crippen LogP contribution in [0.4, 0.5) is 0 Å². The summed E-state index contributed by atoms with van der Waals surface area (Å²) in [6.07, 6.45) is 0. The minimum atomic E-state index is -0.141. The zero-order valence-corrected chi connectivity index (χ0v) is 11.9. The van der Waals surface area contributed by atoms with Gasteiger partial charge in [-0.15, -0.1) is 0 Å². The van der Waals surface area contributed by atoms with E-state index < -0.39 is 0 Å². The number of aliphatic hydroxyl groups is 1. The van der Waals surface area contributed by atoms with E-state index in [0.717, 1.165) is 5.69 Å². The molecule has 0 aliphatic rings. The Labute approximate surface area is 122 Å². The minimum absolute atomic E-state index is 0.0727. The summed E-state index contributed by atoms with van der Waals surface area (Å²) in [5.74, 6) is 0.865. The molecule has 1 heterocycles. The van der Waals surface area contributed by atoms with Crippen LogP contribution in [0.3, 0.4) is 0 Å². The largest absolute Gasteiger partial charge is 0.456 e. The lowest BCUT2D eigenvalue weighted by atomic mass is 10.1. The molecule has 4 N–H and O–H groups in total. The molecule has 0 unspecified atom stereocenters. The molecule has 0 spiro atoms. The molecule has 0 amide bonds. The molecule has 110 valence electrons. The number of hydrogen-bond donors (Lipinski definition) is 3. The fourth-order valence-electron chi connectivity index (χ4n) is 2.09. The number of rotatable bonds is 4.